The Bertz CT molecular complexity index is 920. The maximum Gasteiger partial charge on any atom is 0.321 e. The molecular weight excluding hydrogens is 391 g/mol. The molecule has 1 aromatic heterocycles. The first-order valence-electron chi connectivity index (χ1n) is 8.22. The minimum Gasteiger partial charge on any atom is -0.345 e. The molecule has 0 bridgehead atoms. The summed E-state index contributed by atoms with van der Waals surface area (Å²) >= 11 is 13.6. The minimum absolute atomic E-state index is 0.132. The summed E-state index contributed by atoms with van der Waals surface area (Å²) in [6, 6.07) is 13.1. The van der Waals surface area contributed by atoms with Crippen LogP contribution >= 0.6 is 34.5 Å². The van der Waals surface area contributed by atoms with Gasteiger partial charge in [-0.05, 0) is 30.3 Å². The first kappa shape index (κ1) is 17.4. The molecule has 1 N–H and O–H groups in total. The average Bonchev–Trinajstić information content (AvgIpc) is 3.09. The van der Waals surface area contributed by atoms with Gasteiger partial charge < -0.3 is 15.1 Å². The first-order valence-corrected chi connectivity index (χ1v) is 9.79. The van der Waals surface area contributed by atoms with Crippen molar-refractivity contribution in [2.75, 3.05) is 36.4 Å². The summed E-state index contributed by atoms with van der Waals surface area (Å²) in [6.45, 7) is 2.80. The van der Waals surface area contributed by atoms with Crippen molar-refractivity contribution >= 4 is 61.6 Å². The molecule has 0 unspecified atom stereocenters. The van der Waals surface area contributed by atoms with Gasteiger partial charge in [-0.3, -0.25) is 0 Å². The molecule has 0 spiro atoms. The van der Waals surface area contributed by atoms with Crippen LogP contribution in [-0.4, -0.2) is 42.1 Å². The summed E-state index contributed by atoms with van der Waals surface area (Å²) in [5.41, 5.74) is 1.66. The molecule has 1 aliphatic rings. The molecule has 1 fully saturated rings. The number of amides is 2. The second kappa shape index (κ2) is 7.31. The molecule has 2 amide bonds. The zero-order valence-electron chi connectivity index (χ0n) is 13.8. The number of nitrogens with one attached hydrogen (secondary N) is 1. The molecule has 3 aromatic rings. The highest BCUT2D eigenvalue weighted by Gasteiger charge is 2.23. The van der Waals surface area contributed by atoms with Crippen LogP contribution in [0.4, 0.5) is 15.6 Å². The number of thiazole rings is 1. The van der Waals surface area contributed by atoms with E-state index in [0.717, 1.165) is 23.7 Å². The van der Waals surface area contributed by atoms with E-state index in [0.29, 0.717) is 28.8 Å². The molecule has 5 nitrogen and oxygen atoms in total. The highest BCUT2D eigenvalue weighted by molar-refractivity contribution is 7.22. The molecule has 0 saturated carbocycles. The van der Waals surface area contributed by atoms with Crippen LogP contribution in [0.3, 0.4) is 0 Å². The number of carbonyl (C=O) groups is 1. The molecule has 8 heteroatoms. The number of halogens is 2. The van der Waals surface area contributed by atoms with Gasteiger partial charge in [0.25, 0.3) is 0 Å². The molecule has 2 heterocycles. The van der Waals surface area contributed by atoms with E-state index in [-0.39, 0.29) is 6.03 Å². The molecule has 1 saturated heterocycles. The SMILES string of the molecule is O=C(Nc1ccc(Cl)c(Cl)c1)N1CCN(c2nc3ccccc3s2)CC1. The van der Waals surface area contributed by atoms with Gasteiger partial charge in [-0.2, -0.15) is 0 Å². The van der Waals surface area contributed by atoms with Crippen molar-refractivity contribution in [3.8, 4) is 0 Å². The lowest BCUT2D eigenvalue weighted by atomic mass is 10.3. The van der Waals surface area contributed by atoms with Crippen molar-refractivity contribution in [3.05, 3.63) is 52.5 Å². The zero-order valence-corrected chi connectivity index (χ0v) is 16.1. The summed E-state index contributed by atoms with van der Waals surface area (Å²) in [5, 5.41) is 4.77. The number of urea groups is 1. The molecule has 2 aromatic carbocycles. The van der Waals surface area contributed by atoms with Gasteiger partial charge in [0, 0.05) is 31.9 Å². The van der Waals surface area contributed by atoms with Crippen molar-refractivity contribution in [2.24, 2.45) is 0 Å². The lowest BCUT2D eigenvalue weighted by molar-refractivity contribution is 0.208. The number of aromatic nitrogens is 1. The van der Waals surface area contributed by atoms with Gasteiger partial charge in [-0.15, -0.1) is 0 Å². The van der Waals surface area contributed by atoms with E-state index in [1.54, 1.807) is 34.4 Å². The maximum atomic E-state index is 12.5. The van der Waals surface area contributed by atoms with Crippen LogP contribution < -0.4 is 10.2 Å². The van der Waals surface area contributed by atoms with Gasteiger partial charge in [0.1, 0.15) is 0 Å². The van der Waals surface area contributed by atoms with Gasteiger partial charge in [0.15, 0.2) is 5.13 Å². The van der Waals surface area contributed by atoms with E-state index >= 15 is 0 Å². The third kappa shape index (κ3) is 3.58. The topological polar surface area (TPSA) is 48.5 Å². The number of rotatable bonds is 2. The summed E-state index contributed by atoms with van der Waals surface area (Å²) in [7, 11) is 0. The van der Waals surface area contributed by atoms with Crippen molar-refractivity contribution in [1.29, 1.82) is 0 Å². The second-order valence-electron chi connectivity index (χ2n) is 6.00. The van der Waals surface area contributed by atoms with Crippen molar-refractivity contribution < 1.29 is 4.79 Å². The van der Waals surface area contributed by atoms with E-state index in [9.17, 15) is 4.79 Å². The van der Waals surface area contributed by atoms with Gasteiger partial charge in [-0.1, -0.05) is 46.7 Å². The Hall–Kier alpha value is -2.02. The number of fused-ring (bicyclic) bond motifs is 1. The molecule has 0 radical (unpaired) electrons. The number of carbonyl (C=O) groups excluding carboxylic acids is 1. The molecule has 4 rings (SSSR count). The lowest BCUT2D eigenvalue weighted by Gasteiger charge is -2.34. The van der Waals surface area contributed by atoms with Crippen LogP contribution in [0.15, 0.2) is 42.5 Å². The monoisotopic (exact) mass is 406 g/mol. The summed E-state index contributed by atoms with van der Waals surface area (Å²) in [5.74, 6) is 0. The Labute approximate surface area is 165 Å². The third-order valence-corrected chi connectivity index (χ3v) is 6.13. The van der Waals surface area contributed by atoms with Crippen molar-refractivity contribution in [2.45, 2.75) is 0 Å². The molecule has 134 valence electrons. The molecule has 0 aliphatic carbocycles. The molecular formula is C18H16Cl2N4OS. The number of hydrogen-bond donors (Lipinski definition) is 1. The number of hydrogen-bond acceptors (Lipinski definition) is 4. The number of anilines is 2. The predicted octanol–water partition coefficient (Wildman–Crippen LogP) is 4.96. The Kier molecular flexibility index (Phi) is 4.89. The number of para-hydroxylation sites is 1. The van der Waals surface area contributed by atoms with Crippen LogP contribution in [0.1, 0.15) is 0 Å². The van der Waals surface area contributed by atoms with Crippen molar-refractivity contribution in [1.82, 2.24) is 9.88 Å². The van der Waals surface area contributed by atoms with Crippen LogP contribution in [0.25, 0.3) is 10.2 Å². The molecule has 26 heavy (non-hydrogen) atoms. The Morgan fingerprint density at radius 2 is 1.81 bits per heavy atom. The van der Waals surface area contributed by atoms with Gasteiger partial charge in [-0.25, -0.2) is 9.78 Å². The maximum absolute atomic E-state index is 12.5. The fourth-order valence-corrected chi connectivity index (χ4v) is 4.19. The number of nitrogens with zero attached hydrogens (tertiary/aromatic N) is 3. The molecule has 0 atom stereocenters. The van der Waals surface area contributed by atoms with E-state index in [1.165, 1.54) is 4.70 Å². The van der Waals surface area contributed by atoms with Crippen LogP contribution in [0.5, 0.6) is 0 Å². The first-order chi connectivity index (χ1) is 12.6. The predicted molar refractivity (Wildman–Crippen MR) is 109 cm³/mol. The highest BCUT2D eigenvalue weighted by Crippen LogP contribution is 2.29. The largest absolute Gasteiger partial charge is 0.345 e. The quantitative estimate of drug-likeness (QED) is 0.654. The van der Waals surface area contributed by atoms with E-state index in [4.69, 9.17) is 28.2 Å². The highest BCUT2D eigenvalue weighted by atomic mass is 35.5. The van der Waals surface area contributed by atoms with Gasteiger partial charge in [0.2, 0.25) is 0 Å². The fraction of sp³-hybridized carbons (Fsp3) is 0.222. The minimum atomic E-state index is -0.132. The van der Waals surface area contributed by atoms with Crippen LogP contribution in [-0.2, 0) is 0 Å². The van der Waals surface area contributed by atoms with E-state index in [2.05, 4.69) is 16.3 Å². The second-order valence-corrected chi connectivity index (χ2v) is 7.82. The Balaban J connectivity index is 1.38. The summed E-state index contributed by atoms with van der Waals surface area (Å²) in [4.78, 5) is 21.2. The Morgan fingerprint density at radius 1 is 1.04 bits per heavy atom. The van der Waals surface area contributed by atoms with Crippen LogP contribution in [0, 0.1) is 0 Å². The summed E-state index contributed by atoms with van der Waals surface area (Å²) in [6.07, 6.45) is 0. The lowest BCUT2D eigenvalue weighted by Crippen LogP contribution is -2.50. The van der Waals surface area contributed by atoms with Gasteiger partial charge >= 0.3 is 6.03 Å². The van der Waals surface area contributed by atoms with E-state index in [1.807, 2.05) is 18.2 Å². The van der Waals surface area contributed by atoms with Crippen LogP contribution in [0.2, 0.25) is 10.0 Å². The van der Waals surface area contributed by atoms with E-state index < -0.39 is 0 Å². The fourth-order valence-electron chi connectivity index (χ4n) is 2.87. The van der Waals surface area contributed by atoms with Crippen molar-refractivity contribution in [3.63, 3.8) is 0 Å². The molecule has 1 aliphatic heterocycles. The number of benzene rings is 2. The number of piperazine rings is 1. The normalized spacial score (nSPS) is 14.7. The smallest absolute Gasteiger partial charge is 0.321 e. The zero-order chi connectivity index (χ0) is 18.1. The Morgan fingerprint density at radius 3 is 2.54 bits per heavy atom. The van der Waals surface area contributed by atoms with Gasteiger partial charge in [0.05, 0.1) is 20.3 Å². The third-order valence-electron chi connectivity index (χ3n) is 4.29. The summed E-state index contributed by atoms with van der Waals surface area (Å²) < 4.78 is 1.18. The standard InChI is InChI=1S/C18H16Cl2N4OS/c19-13-6-5-12(11-14(13)20)21-17(25)23-7-9-24(10-8-23)18-22-15-3-1-2-4-16(15)26-18/h1-6,11H,7-10H2,(H,21,25). The average molecular weight is 407 g/mol.